The number of thiophene rings is 1. The van der Waals surface area contributed by atoms with Gasteiger partial charge in [0.05, 0.1) is 5.56 Å². The molecule has 0 aliphatic carbocycles. The van der Waals surface area contributed by atoms with Gasteiger partial charge in [-0.3, -0.25) is 4.79 Å². The van der Waals surface area contributed by atoms with E-state index >= 15 is 0 Å². The van der Waals surface area contributed by atoms with Crippen molar-refractivity contribution in [2.45, 2.75) is 19.6 Å². The summed E-state index contributed by atoms with van der Waals surface area (Å²) in [5.41, 5.74) is 4.00. The second-order valence-corrected chi connectivity index (χ2v) is 7.01. The van der Waals surface area contributed by atoms with Crippen LogP contribution in [0.3, 0.4) is 0 Å². The van der Waals surface area contributed by atoms with Gasteiger partial charge in [0.2, 0.25) is 0 Å². The van der Waals surface area contributed by atoms with Crippen molar-refractivity contribution in [3.63, 3.8) is 0 Å². The van der Waals surface area contributed by atoms with Gasteiger partial charge in [0.25, 0.3) is 5.91 Å². The Morgan fingerprint density at radius 1 is 1.04 bits per heavy atom. The summed E-state index contributed by atoms with van der Waals surface area (Å²) < 4.78 is 0. The standard InChI is InChI=1S/C20H18N2OS/c1-14-8-10-15(11-9-14)13-22-19(18-7-4-12-24-18)21-17-6-3-2-5-16(17)20(22)23/h2-12,19,21H,13H2,1H3/t19-/m0/s1. The van der Waals surface area contributed by atoms with E-state index in [4.69, 9.17) is 0 Å². The van der Waals surface area contributed by atoms with Crippen molar-refractivity contribution in [3.05, 3.63) is 87.6 Å². The van der Waals surface area contributed by atoms with E-state index < -0.39 is 0 Å². The zero-order chi connectivity index (χ0) is 16.5. The quantitative estimate of drug-likeness (QED) is 0.744. The molecule has 0 unspecified atom stereocenters. The molecule has 0 saturated carbocycles. The first-order valence-electron chi connectivity index (χ1n) is 7.98. The first-order valence-corrected chi connectivity index (χ1v) is 8.86. The number of hydrogen-bond donors (Lipinski definition) is 1. The fraction of sp³-hybridized carbons (Fsp3) is 0.150. The molecule has 1 atom stereocenters. The van der Waals surface area contributed by atoms with Crippen LogP contribution in [0.5, 0.6) is 0 Å². The summed E-state index contributed by atoms with van der Waals surface area (Å²) in [7, 11) is 0. The highest BCUT2D eigenvalue weighted by Crippen LogP contribution is 2.35. The predicted octanol–water partition coefficient (Wildman–Crippen LogP) is 4.82. The summed E-state index contributed by atoms with van der Waals surface area (Å²) in [4.78, 5) is 16.1. The minimum absolute atomic E-state index is 0.0725. The SMILES string of the molecule is Cc1ccc(CN2C(=O)c3ccccc3N[C@@H]2c2cccs2)cc1. The summed E-state index contributed by atoms with van der Waals surface area (Å²) in [6.07, 6.45) is -0.131. The van der Waals surface area contributed by atoms with Crippen LogP contribution in [0.15, 0.2) is 66.0 Å². The van der Waals surface area contributed by atoms with Crippen molar-refractivity contribution in [1.82, 2.24) is 4.90 Å². The zero-order valence-corrected chi connectivity index (χ0v) is 14.2. The first-order chi connectivity index (χ1) is 11.7. The molecule has 0 radical (unpaired) electrons. The van der Waals surface area contributed by atoms with E-state index in [2.05, 4.69) is 42.6 Å². The van der Waals surface area contributed by atoms with Crippen LogP contribution in [-0.2, 0) is 6.54 Å². The molecule has 2 heterocycles. The molecule has 1 aromatic heterocycles. The van der Waals surface area contributed by atoms with Crippen LogP contribution in [-0.4, -0.2) is 10.8 Å². The Hall–Kier alpha value is -2.59. The topological polar surface area (TPSA) is 32.3 Å². The first kappa shape index (κ1) is 15.0. The molecule has 4 rings (SSSR count). The van der Waals surface area contributed by atoms with Crippen LogP contribution in [0.25, 0.3) is 0 Å². The van der Waals surface area contributed by atoms with E-state index in [0.717, 1.165) is 21.7 Å². The second kappa shape index (κ2) is 6.13. The lowest BCUT2D eigenvalue weighted by Crippen LogP contribution is -2.42. The number of nitrogens with one attached hydrogen (secondary N) is 1. The molecule has 0 saturated heterocycles. The maximum atomic E-state index is 13.1. The lowest BCUT2D eigenvalue weighted by atomic mass is 10.1. The van der Waals surface area contributed by atoms with Gasteiger partial charge in [-0.15, -0.1) is 11.3 Å². The number of carbonyl (C=O) groups is 1. The minimum atomic E-state index is -0.131. The number of carbonyl (C=O) groups excluding carboxylic acids is 1. The third kappa shape index (κ3) is 2.69. The molecular weight excluding hydrogens is 316 g/mol. The van der Waals surface area contributed by atoms with Crippen LogP contribution in [0.1, 0.15) is 32.5 Å². The Labute approximate surface area is 145 Å². The number of nitrogens with zero attached hydrogens (tertiary/aromatic N) is 1. The number of anilines is 1. The average Bonchev–Trinajstić information content (AvgIpc) is 3.13. The molecule has 4 heteroatoms. The number of hydrogen-bond acceptors (Lipinski definition) is 3. The highest BCUT2D eigenvalue weighted by Gasteiger charge is 2.33. The highest BCUT2D eigenvalue weighted by atomic mass is 32.1. The number of para-hydroxylation sites is 1. The summed E-state index contributed by atoms with van der Waals surface area (Å²) in [6.45, 7) is 2.66. The Morgan fingerprint density at radius 2 is 1.83 bits per heavy atom. The van der Waals surface area contributed by atoms with Crippen molar-refractivity contribution in [3.8, 4) is 0 Å². The number of rotatable bonds is 3. The molecule has 120 valence electrons. The van der Waals surface area contributed by atoms with Gasteiger partial charge in [0.15, 0.2) is 0 Å². The minimum Gasteiger partial charge on any atom is -0.360 e. The van der Waals surface area contributed by atoms with E-state index in [-0.39, 0.29) is 12.1 Å². The van der Waals surface area contributed by atoms with Gasteiger partial charge in [-0.05, 0) is 36.1 Å². The van der Waals surface area contributed by atoms with Crippen molar-refractivity contribution >= 4 is 22.9 Å². The number of aryl methyl sites for hydroxylation is 1. The zero-order valence-electron chi connectivity index (χ0n) is 13.4. The molecular formula is C20H18N2OS. The van der Waals surface area contributed by atoms with Gasteiger partial charge >= 0.3 is 0 Å². The van der Waals surface area contributed by atoms with E-state index in [9.17, 15) is 4.79 Å². The van der Waals surface area contributed by atoms with Crippen LogP contribution in [0.4, 0.5) is 5.69 Å². The van der Waals surface area contributed by atoms with Crippen LogP contribution < -0.4 is 5.32 Å². The molecule has 1 amide bonds. The number of fused-ring (bicyclic) bond motifs is 1. The maximum absolute atomic E-state index is 13.1. The second-order valence-electron chi connectivity index (χ2n) is 6.03. The molecule has 1 N–H and O–H groups in total. The molecule has 0 bridgehead atoms. The molecule has 0 spiro atoms. The molecule has 0 fully saturated rings. The van der Waals surface area contributed by atoms with Gasteiger partial charge in [-0.1, -0.05) is 48.0 Å². The Kier molecular flexibility index (Phi) is 3.82. The predicted molar refractivity (Wildman–Crippen MR) is 98.2 cm³/mol. The van der Waals surface area contributed by atoms with Crippen molar-refractivity contribution in [1.29, 1.82) is 0 Å². The maximum Gasteiger partial charge on any atom is 0.258 e. The van der Waals surface area contributed by atoms with Gasteiger partial charge in [-0.2, -0.15) is 0 Å². The summed E-state index contributed by atoms with van der Waals surface area (Å²) >= 11 is 1.67. The van der Waals surface area contributed by atoms with E-state index in [1.54, 1.807) is 11.3 Å². The van der Waals surface area contributed by atoms with Crippen LogP contribution >= 0.6 is 11.3 Å². The molecule has 1 aliphatic heterocycles. The van der Waals surface area contributed by atoms with E-state index in [0.29, 0.717) is 6.54 Å². The lowest BCUT2D eigenvalue weighted by molar-refractivity contribution is 0.0669. The number of amides is 1. The van der Waals surface area contributed by atoms with Crippen molar-refractivity contribution < 1.29 is 4.79 Å². The van der Waals surface area contributed by atoms with Crippen LogP contribution in [0, 0.1) is 6.92 Å². The molecule has 3 nitrogen and oxygen atoms in total. The van der Waals surface area contributed by atoms with Gasteiger partial charge in [-0.25, -0.2) is 0 Å². The molecule has 1 aliphatic rings. The third-order valence-electron chi connectivity index (χ3n) is 4.31. The van der Waals surface area contributed by atoms with Gasteiger partial charge in [0, 0.05) is 17.1 Å². The number of benzene rings is 2. The largest absolute Gasteiger partial charge is 0.360 e. The normalized spacial score (nSPS) is 16.6. The third-order valence-corrected chi connectivity index (χ3v) is 5.23. The fourth-order valence-electron chi connectivity index (χ4n) is 3.02. The van der Waals surface area contributed by atoms with E-state index in [1.807, 2.05) is 40.6 Å². The molecule has 2 aromatic carbocycles. The van der Waals surface area contributed by atoms with Crippen molar-refractivity contribution in [2.24, 2.45) is 0 Å². The lowest BCUT2D eigenvalue weighted by Gasteiger charge is -2.37. The molecule has 3 aromatic rings. The monoisotopic (exact) mass is 334 g/mol. The molecule has 24 heavy (non-hydrogen) atoms. The van der Waals surface area contributed by atoms with Crippen molar-refractivity contribution in [2.75, 3.05) is 5.32 Å². The highest BCUT2D eigenvalue weighted by molar-refractivity contribution is 7.10. The summed E-state index contributed by atoms with van der Waals surface area (Å²) in [6, 6.07) is 20.2. The van der Waals surface area contributed by atoms with E-state index in [1.165, 1.54) is 5.56 Å². The van der Waals surface area contributed by atoms with Crippen LogP contribution in [0.2, 0.25) is 0 Å². The van der Waals surface area contributed by atoms with Gasteiger partial charge < -0.3 is 10.2 Å². The Balaban J connectivity index is 1.73. The smallest absolute Gasteiger partial charge is 0.258 e. The average molecular weight is 334 g/mol. The summed E-state index contributed by atoms with van der Waals surface area (Å²) in [5.74, 6) is 0.0725. The fourth-order valence-corrected chi connectivity index (χ4v) is 3.80. The Morgan fingerprint density at radius 3 is 2.58 bits per heavy atom. The van der Waals surface area contributed by atoms with Gasteiger partial charge in [0.1, 0.15) is 6.17 Å². The Bertz CT molecular complexity index is 856. The summed E-state index contributed by atoms with van der Waals surface area (Å²) in [5, 5.41) is 5.57.